The number of benzene rings is 2. The van der Waals surface area contributed by atoms with Gasteiger partial charge in [0.25, 0.3) is 0 Å². The van der Waals surface area contributed by atoms with E-state index in [4.69, 9.17) is 0 Å². The lowest BCUT2D eigenvalue weighted by atomic mass is 10.1. The zero-order chi connectivity index (χ0) is 27.2. The van der Waals surface area contributed by atoms with Crippen LogP contribution in [-0.4, -0.2) is 28.7 Å². The van der Waals surface area contributed by atoms with Crippen LogP contribution < -0.4 is 4.74 Å². The number of carbonyl (C=O) groups excluding carboxylic acids is 1. The van der Waals surface area contributed by atoms with Gasteiger partial charge in [0, 0.05) is 17.0 Å². The Kier molecular flexibility index (Phi) is 10.4. The van der Waals surface area contributed by atoms with E-state index >= 15 is 0 Å². The first kappa shape index (κ1) is 29.2. The number of aliphatic imine (C=N–C) groups is 2. The van der Waals surface area contributed by atoms with E-state index in [-0.39, 0.29) is 5.04 Å². The lowest BCUT2D eigenvalue weighted by Gasteiger charge is -2.18. The molecule has 36 heavy (non-hydrogen) atoms. The zero-order valence-electron chi connectivity index (χ0n) is 19.5. The Balaban J connectivity index is 0.00000222. The minimum absolute atomic E-state index is 0.222. The Morgan fingerprint density at radius 2 is 1.53 bits per heavy atom. The van der Waals surface area contributed by atoms with Crippen LogP contribution in [0.2, 0.25) is 0 Å². The van der Waals surface area contributed by atoms with Crippen LogP contribution in [-0.2, 0) is 4.79 Å². The van der Waals surface area contributed by atoms with Crippen molar-refractivity contribution in [2.24, 2.45) is 9.98 Å². The second kappa shape index (κ2) is 12.8. The third-order valence-electron chi connectivity index (χ3n) is 4.28. The Morgan fingerprint density at radius 3 is 2.06 bits per heavy atom. The molecule has 4 nitrogen and oxygen atoms in total. The van der Waals surface area contributed by atoms with E-state index in [9.17, 15) is 31.1 Å². The molecule has 0 atom stereocenters. The second-order valence-electron chi connectivity index (χ2n) is 6.68. The van der Waals surface area contributed by atoms with E-state index in [1.54, 1.807) is 13.2 Å². The predicted octanol–water partition coefficient (Wildman–Crippen LogP) is 7.30. The molecule has 0 spiro atoms. The molecule has 0 fully saturated rings. The third kappa shape index (κ3) is 6.41. The van der Waals surface area contributed by atoms with Gasteiger partial charge in [0.2, 0.25) is 34.8 Å². The van der Waals surface area contributed by atoms with Crippen molar-refractivity contribution < 1.29 is 35.9 Å². The Morgan fingerprint density at radius 1 is 1.00 bits per heavy atom. The van der Waals surface area contributed by atoms with Gasteiger partial charge in [-0.3, -0.25) is 4.99 Å². The van der Waals surface area contributed by atoms with Crippen LogP contribution in [0.5, 0.6) is 5.75 Å². The minimum Gasteiger partial charge on any atom is -0.415 e. The van der Waals surface area contributed by atoms with Gasteiger partial charge < -0.3 is 4.74 Å². The Bertz CT molecular complexity index is 1250. The summed E-state index contributed by atoms with van der Waals surface area (Å²) in [5.74, 6) is -14.8. The molecule has 1 aliphatic rings. The molecule has 2 aromatic carbocycles. The highest BCUT2D eigenvalue weighted by Crippen LogP contribution is 2.36. The van der Waals surface area contributed by atoms with E-state index in [1.165, 1.54) is 36.0 Å². The smallest absolute Gasteiger partial charge is 0.361 e. The number of halogens is 6. The summed E-state index contributed by atoms with van der Waals surface area (Å²) >= 11 is 2.41. The number of esters is 1. The second-order valence-corrected chi connectivity index (χ2v) is 8.46. The largest absolute Gasteiger partial charge is 0.415 e. The van der Waals surface area contributed by atoms with Gasteiger partial charge in [0.1, 0.15) is 16.6 Å². The van der Waals surface area contributed by atoms with E-state index < -0.39 is 52.3 Å². The molecule has 0 amide bonds. The first-order valence-corrected chi connectivity index (χ1v) is 12.5. The Hall–Kier alpha value is -2.99. The van der Waals surface area contributed by atoms with Crippen molar-refractivity contribution in [3.8, 4) is 5.75 Å². The number of hydrogen-bond acceptors (Lipinski definition) is 6. The van der Waals surface area contributed by atoms with Gasteiger partial charge in [0.15, 0.2) is 0 Å². The van der Waals surface area contributed by atoms with Crippen LogP contribution in [0.4, 0.5) is 26.3 Å². The number of hydrogen-bond donors (Lipinski definition) is 0. The zero-order valence-corrected chi connectivity index (χ0v) is 21.2. The molecule has 0 radical (unpaired) electrons. The molecule has 0 aliphatic carbocycles. The van der Waals surface area contributed by atoms with Gasteiger partial charge in [-0.15, -0.1) is 23.5 Å². The molecular weight excluding hydrogens is 526 g/mol. The van der Waals surface area contributed by atoms with Crippen LogP contribution in [0.15, 0.2) is 51.4 Å². The summed E-state index contributed by atoms with van der Waals surface area (Å²) in [4.78, 5) is 21.3. The van der Waals surface area contributed by atoms with Crippen molar-refractivity contribution in [3.05, 3.63) is 81.9 Å². The fraction of sp³-hybridized carbons (Fsp3) is 0.208. The summed E-state index contributed by atoms with van der Waals surface area (Å²) < 4.78 is 85.3. The molecule has 1 aliphatic heterocycles. The molecular formula is C24H20F6N2O2S2. The molecule has 0 saturated heterocycles. The van der Waals surface area contributed by atoms with Crippen LogP contribution in [0, 0.1) is 34.9 Å². The van der Waals surface area contributed by atoms with Gasteiger partial charge >= 0.3 is 5.97 Å². The maximum Gasteiger partial charge on any atom is 0.361 e. The molecule has 0 saturated carbocycles. The number of thioether (sulfide) groups is 2. The van der Waals surface area contributed by atoms with E-state index in [0.29, 0.717) is 21.9 Å². The van der Waals surface area contributed by atoms with E-state index in [2.05, 4.69) is 21.3 Å². The standard InChI is InChI=1S/C22H14F6N2O2S2.C2H6/c1-9-8-34-20(18(29-9)11-4-6-12(23)7-5-11)21(33-3)30-10(2)22(31)32-19-16(27)14(25)13(24)15(26)17(19)28;1-2/h4-7H,2,8H2,1,3H3;1-2H3. The molecule has 3 rings (SSSR count). The molecule has 1 heterocycles. The highest BCUT2D eigenvalue weighted by Gasteiger charge is 2.29. The van der Waals surface area contributed by atoms with Crippen molar-refractivity contribution in [2.75, 3.05) is 12.0 Å². The predicted molar refractivity (Wildman–Crippen MR) is 132 cm³/mol. The van der Waals surface area contributed by atoms with Crippen LogP contribution in [0.25, 0.3) is 5.70 Å². The fourth-order valence-corrected chi connectivity index (χ4v) is 4.47. The normalized spacial score (nSPS) is 13.6. The fourth-order valence-electron chi connectivity index (χ4n) is 2.67. The van der Waals surface area contributed by atoms with Crippen molar-refractivity contribution in [3.63, 3.8) is 0 Å². The van der Waals surface area contributed by atoms with Gasteiger partial charge in [-0.05, 0) is 37.4 Å². The van der Waals surface area contributed by atoms with Crippen LogP contribution >= 0.6 is 23.5 Å². The lowest BCUT2D eigenvalue weighted by Crippen LogP contribution is -2.15. The summed E-state index contributed by atoms with van der Waals surface area (Å²) in [6.45, 7) is 9.18. The first-order chi connectivity index (χ1) is 17.0. The first-order valence-electron chi connectivity index (χ1n) is 10.3. The molecule has 0 N–H and O–H groups in total. The van der Waals surface area contributed by atoms with Crippen molar-refractivity contribution in [2.45, 2.75) is 20.8 Å². The van der Waals surface area contributed by atoms with Gasteiger partial charge in [-0.1, -0.05) is 20.4 Å². The number of carbonyl (C=O) groups is 1. The molecule has 0 unspecified atom stereocenters. The SMILES string of the molecule is C=C(N=C(SC)C1=C(c2ccc(F)cc2)N=C(C)CS1)C(=O)Oc1c(F)c(F)c(F)c(F)c1F.CC. The average Bonchev–Trinajstić information content (AvgIpc) is 2.89. The number of nitrogens with zero attached hydrogens (tertiary/aromatic N) is 2. The van der Waals surface area contributed by atoms with Crippen molar-refractivity contribution in [1.29, 1.82) is 0 Å². The van der Waals surface area contributed by atoms with E-state index in [0.717, 1.165) is 17.5 Å². The number of ether oxygens (including phenoxy) is 1. The minimum atomic E-state index is -2.39. The monoisotopic (exact) mass is 546 g/mol. The molecule has 2 aromatic rings. The van der Waals surface area contributed by atoms with Gasteiger partial charge in [-0.2, -0.15) is 8.78 Å². The molecule has 0 bridgehead atoms. The highest BCUT2D eigenvalue weighted by molar-refractivity contribution is 8.17. The summed E-state index contributed by atoms with van der Waals surface area (Å²) in [5, 5.41) is 0.222. The third-order valence-corrected chi connectivity index (χ3v) is 6.33. The number of rotatable bonds is 5. The lowest BCUT2D eigenvalue weighted by molar-refractivity contribution is -0.130. The van der Waals surface area contributed by atoms with Crippen molar-refractivity contribution >= 4 is 45.9 Å². The molecule has 192 valence electrons. The summed E-state index contributed by atoms with van der Waals surface area (Å²) in [7, 11) is 0. The van der Waals surface area contributed by atoms with Crippen molar-refractivity contribution in [1.82, 2.24) is 0 Å². The average molecular weight is 547 g/mol. The maximum atomic E-state index is 13.8. The maximum absolute atomic E-state index is 13.8. The summed E-state index contributed by atoms with van der Waals surface area (Å²) in [5.41, 5.74) is 1.13. The van der Waals surface area contributed by atoms with Gasteiger partial charge in [0.05, 0.1) is 10.6 Å². The topological polar surface area (TPSA) is 51.0 Å². The molecule has 0 aromatic heterocycles. The Labute approximate surface area is 212 Å². The van der Waals surface area contributed by atoms with Gasteiger partial charge in [-0.25, -0.2) is 27.3 Å². The molecule has 12 heteroatoms. The highest BCUT2D eigenvalue weighted by atomic mass is 32.2. The quantitative estimate of drug-likeness (QED) is 0.0577. The van der Waals surface area contributed by atoms with Crippen LogP contribution in [0.3, 0.4) is 0 Å². The van der Waals surface area contributed by atoms with Crippen LogP contribution in [0.1, 0.15) is 26.3 Å². The van der Waals surface area contributed by atoms with E-state index in [1.807, 2.05) is 13.8 Å². The summed E-state index contributed by atoms with van der Waals surface area (Å²) in [6, 6.07) is 5.52. The summed E-state index contributed by atoms with van der Waals surface area (Å²) in [6.07, 6.45) is 1.63.